The summed E-state index contributed by atoms with van der Waals surface area (Å²) in [7, 11) is 0. The molecule has 3 heterocycles. The molecule has 4 rings (SSSR count). The molecule has 0 bridgehead atoms. The van der Waals surface area contributed by atoms with Gasteiger partial charge in [-0.3, -0.25) is 9.88 Å². The Kier molecular flexibility index (Phi) is 24.3. The van der Waals surface area contributed by atoms with Crippen LogP contribution in [0.5, 0.6) is 0 Å². The van der Waals surface area contributed by atoms with Crippen molar-refractivity contribution < 1.29 is 4.74 Å². The van der Waals surface area contributed by atoms with E-state index in [-0.39, 0.29) is 18.3 Å². The molecular weight excluding hydrogens is 502 g/mol. The Morgan fingerprint density at radius 3 is 1.63 bits per heavy atom. The molecule has 0 saturated carbocycles. The average molecular weight is 574 g/mol. The summed E-state index contributed by atoms with van der Waals surface area (Å²) in [5.74, 6) is 0. The molecule has 0 aliphatic carbocycles. The van der Waals surface area contributed by atoms with Gasteiger partial charge in [0.2, 0.25) is 0 Å². The minimum atomic E-state index is 0. The van der Waals surface area contributed by atoms with Crippen LogP contribution in [0.4, 0.5) is 0 Å². The lowest BCUT2D eigenvalue weighted by Gasteiger charge is -2.38. The highest BCUT2D eigenvalue weighted by Gasteiger charge is 2.23. The van der Waals surface area contributed by atoms with E-state index >= 15 is 0 Å². The van der Waals surface area contributed by atoms with Gasteiger partial charge in [-0.25, -0.2) is 0 Å². The van der Waals surface area contributed by atoms with Gasteiger partial charge in [-0.2, -0.15) is 0 Å². The Hall–Kier alpha value is -1.75. The molecule has 1 fully saturated rings. The summed E-state index contributed by atoms with van der Waals surface area (Å²) in [5.41, 5.74) is 6.79. The number of hydrogen-bond acceptors (Lipinski definition) is 4. The first-order valence-corrected chi connectivity index (χ1v) is 15.9. The Morgan fingerprint density at radius 2 is 1.24 bits per heavy atom. The Balaban J connectivity index is -0.000000486. The molecule has 2 aliphatic rings. The Labute approximate surface area is 258 Å². The highest BCUT2D eigenvalue weighted by Crippen LogP contribution is 2.29. The van der Waals surface area contributed by atoms with Crippen LogP contribution in [0, 0.1) is 0 Å². The van der Waals surface area contributed by atoms with Crippen LogP contribution in [0.3, 0.4) is 0 Å². The fraction of sp³-hybridized carbons (Fsp3) is 0.703. The van der Waals surface area contributed by atoms with E-state index in [1.165, 1.54) is 23.1 Å². The third kappa shape index (κ3) is 17.7. The van der Waals surface area contributed by atoms with Gasteiger partial charge < -0.3 is 10.1 Å². The number of pyridine rings is 1. The summed E-state index contributed by atoms with van der Waals surface area (Å²) in [6.45, 7) is 38.4. The lowest BCUT2D eigenvalue weighted by molar-refractivity contribution is -0.00389. The first-order chi connectivity index (χ1) is 18.8. The number of hydrogen-bond donors (Lipinski definition) is 1. The van der Waals surface area contributed by atoms with E-state index < -0.39 is 0 Å². The molecule has 0 atom stereocenters. The van der Waals surface area contributed by atoms with Crippen LogP contribution in [0.15, 0.2) is 42.7 Å². The van der Waals surface area contributed by atoms with Gasteiger partial charge in [0, 0.05) is 37.6 Å². The molecule has 1 aromatic carbocycles. The zero-order chi connectivity index (χ0) is 31.4. The van der Waals surface area contributed by atoms with Crippen molar-refractivity contribution in [1.82, 2.24) is 15.2 Å². The molecule has 0 amide bonds. The molecule has 41 heavy (non-hydrogen) atoms. The topological polar surface area (TPSA) is 37.4 Å². The maximum Gasteiger partial charge on any atom is 0.0594 e. The van der Waals surface area contributed by atoms with Gasteiger partial charge in [-0.05, 0) is 79.0 Å². The third-order valence-electron chi connectivity index (χ3n) is 6.45. The molecule has 1 aromatic heterocycles. The van der Waals surface area contributed by atoms with Crippen LogP contribution in [-0.2, 0) is 28.5 Å². The van der Waals surface area contributed by atoms with Crippen LogP contribution in [-0.4, -0.2) is 48.3 Å². The largest absolute Gasteiger partial charge is 0.379 e. The average Bonchev–Trinajstić information content (AvgIpc) is 2.96. The van der Waals surface area contributed by atoms with Gasteiger partial charge in [0.05, 0.1) is 13.2 Å². The molecule has 1 N–H and O–H groups in total. The van der Waals surface area contributed by atoms with Crippen molar-refractivity contribution >= 4 is 0 Å². The summed E-state index contributed by atoms with van der Waals surface area (Å²) in [6.07, 6.45) is 4.85. The van der Waals surface area contributed by atoms with Crippen molar-refractivity contribution in [3.8, 4) is 0 Å². The number of ether oxygens (including phenoxy) is 1. The monoisotopic (exact) mass is 574 g/mol. The van der Waals surface area contributed by atoms with Crippen molar-refractivity contribution in [2.24, 2.45) is 0 Å². The first kappa shape index (κ1) is 43.7. The maximum atomic E-state index is 5.25. The number of nitrogens with zero attached hydrogens (tertiary/aromatic N) is 2. The summed E-state index contributed by atoms with van der Waals surface area (Å²) < 4.78 is 5.25. The SMILES string of the molecule is C.CC.CC.CC.CC(C)(C)N1CCOCC1.CC(C)(C)c1cccc2c1CCNC2.CC(C)(C)c1ccncc1. The molecule has 2 aromatic rings. The van der Waals surface area contributed by atoms with Crippen LogP contribution in [0.2, 0.25) is 0 Å². The molecule has 1 saturated heterocycles. The van der Waals surface area contributed by atoms with E-state index in [0.29, 0.717) is 5.54 Å². The second kappa shape index (κ2) is 22.8. The summed E-state index contributed by atoms with van der Waals surface area (Å²) >= 11 is 0. The van der Waals surface area contributed by atoms with Gasteiger partial charge in [0.15, 0.2) is 0 Å². The zero-order valence-corrected chi connectivity index (χ0v) is 29.3. The van der Waals surface area contributed by atoms with E-state index in [9.17, 15) is 0 Å². The molecular formula is C37H71N3O. The number of fused-ring (bicyclic) bond motifs is 1. The number of nitrogens with one attached hydrogen (secondary N) is 1. The van der Waals surface area contributed by atoms with Crippen molar-refractivity contribution in [3.63, 3.8) is 0 Å². The zero-order valence-electron chi connectivity index (χ0n) is 29.3. The van der Waals surface area contributed by atoms with Crippen molar-refractivity contribution in [1.29, 1.82) is 0 Å². The maximum absolute atomic E-state index is 5.25. The predicted molar refractivity (Wildman–Crippen MR) is 186 cm³/mol. The second-order valence-corrected chi connectivity index (χ2v) is 12.4. The Morgan fingerprint density at radius 1 is 0.732 bits per heavy atom. The fourth-order valence-electron chi connectivity index (χ4n) is 4.32. The third-order valence-corrected chi connectivity index (χ3v) is 6.45. The Bertz CT molecular complexity index is 852. The van der Waals surface area contributed by atoms with Crippen LogP contribution >= 0.6 is 0 Å². The molecule has 0 unspecified atom stereocenters. The van der Waals surface area contributed by atoms with E-state index in [1.54, 1.807) is 5.56 Å². The lowest BCUT2D eigenvalue weighted by Crippen LogP contribution is -2.47. The van der Waals surface area contributed by atoms with Crippen LogP contribution in [0.1, 0.15) is 134 Å². The van der Waals surface area contributed by atoms with Gasteiger partial charge in [0.1, 0.15) is 0 Å². The quantitative estimate of drug-likeness (QED) is 0.340. The van der Waals surface area contributed by atoms with E-state index in [4.69, 9.17) is 4.74 Å². The van der Waals surface area contributed by atoms with Gasteiger partial charge in [-0.1, -0.05) is 109 Å². The molecule has 2 aliphatic heterocycles. The molecule has 0 spiro atoms. The second-order valence-electron chi connectivity index (χ2n) is 12.4. The van der Waals surface area contributed by atoms with E-state index in [2.05, 4.69) is 108 Å². The molecule has 240 valence electrons. The first-order valence-electron chi connectivity index (χ1n) is 15.9. The number of aromatic nitrogens is 1. The summed E-state index contributed by atoms with van der Waals surface area (Å²) in [6, 6.07) is 10.8. The minimum absolute atomic E-state index is 0. The molecule has 4 nitrogen and oxygen atoms in total. The molecule has 0 radical (unpaired) electrons. The minimum Gasteiger partial charge on any atom is -0.379 e. The highest BCUT2D eigenvalue weighted by molar-refractivity contribution is 5.40. The standard InChI is InChI=1S/C13H19N.C9H13N.C8H17NO.3C2H6.CH4/c1-13(2,3)12-6-4-5-10-9-14-8-7-11(10)12;1-9(2,3)8-4-6-10-7-5-8;1-8(2,3)9-4-6-10-7-5-9;3*1-2;/h4-6,14H,7-9H2,1-3H3;4-7H,1-3H3;4-7H2,1-3H3;3*1-2H3;1H4. The number of benzene rings is 1. The normalized spacial score (nSPS) is 14.5. The lowest BCUT2D eigenvalue weighted by atomic mass is 9.80. The smallest absolute Gasteiger partial charge is 0.0594 e. The van der Waals surface area contributed by atoms with E-state index in [1.807, 2.05) is 53.9 Å². The summed E-state index contributed by atoms with van der Waals surface area (Å²) in [4.78, 5) is 6.41. The van der Waals surface area contributed by atoms with Crippen LogP contribution in [0.25, 0.3) is 0 Å². The fourth-order valence-corrected chi connectivity index (χ4v) is 4.32. The van der Waals surface area contributed by atoms with Crippen molar-refractivity contribution in [3.05, 3.63) is 65.0 Å². The molecule has 4 heteroatoms. The van der Waals surface area contributed by atoms with Gasteiger partial charge in [0.25, 0.3) is 0 Å². The van der Waals surface area contributed by atoms with Crippen LogP contribution < -0.4 is 5.32 Å². The van der Waals surface area contributed by atoms with Gasteiger partial charge in [-0.15, -0.1) is 0 Å². The summed E-state index contributed by atoms with van der Waals surface area (Å²) in [5, 5.41) is 3.42. The highest BCUT2D eigenvalue weighted by atomic mass is 16.5. The number of morpholine rings is 1. The van der Waals surface area contributed by atoms with Crippen molar-refractivity contribution in [2.75, 3.05) is 32.8 Å². The van der Waals surface area contributed by atoms with Crippen molar-refractivity contribution in [2.45, 2.75) is 141 Å². The van der Waals surface area contributed by atoms with E-state index in [0.717, 1.165) is 39.4 Å². The van der Waals surface area contributed by atoms with Gasteiger partial charge >= 0.3 is 0 Å². The number of rotatable bonds is 0. The predicted octanol–water partition coefficient (Wildman–Crippen LogP) is 9.84.